The maximum absolute atomic E-state index is 12.6. The van der Waals surface area contributed by atoms with Gasteiger partial charge in [-0.2, -0.15) is 0 Å². The molecule has 2 rings (SSSR count). The van der Waals surface area contributed by atoms with Crippen molar-refractivity contribution in [2.45, 2.75) is 82.8 Å². The number of hydrogen-bond donors (Lipinski definition) is 1. The molecule has 1 aliphatic heterocycles. The summed E-state index contributed by atoms with van der Waals surface area (Å²) in [6.45, 7) is 3.83. The van der Waals surface area contributed by atoms with Crippen molar-refractivity contribution in [3.8, 4) is 0 Å². The highest BCUT2D eigenvalue weighted by molar-refractivity contribution is 7.80. The molecule has 1 saturated heterocycles. The lowest BCUT2D eigenvalue weighted by atomic mass is 9.83. The molecule has 2 N–H and O–H groups in total. The highest BCUT2D eigenvalue weighted by Crippen LogP contribution is 2.34. The minimum absolute atomic E-state index is 0.113. The Kier molecular flexibility index (Phi) is 5.79. The van der Waals surface area contributed by atoms with Crippen LogP contribution in [0, 0.1) is 0 Å². The molecular formula is C17H28N2O3S. The summed E-state index contributed by atoms with van der Waals surface area (Å²) in [4.78, 5) is 26.8. The van der Waals surface area contributed by atoms with E-state index < -0.39 is 5.54 Å². The van der Waals surface area contributed by atoms with Gasteiger partial charge in [-0.1, -0.05) is 32.5 Å². The number of hydrogen-bond acceptors (Lipinski definition) is 5. The second-order valence-corrected chi connectivity index (χ2v) is 7.34. The van der Waals surface area contributed by atoms with Crippen LogP contribution in [0.25, 0.3) is 0 Å². The van der Waals surface area contributed by atoms with Gasteiger partial charge in [0.05, 0.1) is 10.5 Å². The van der Waals surface area contributed by atoms with Crippen LogP contribution in [0.4, 0.5) is 0 Å². The van der Waals surface area contributed by atoms with Crippen LogP contribution >= 0.6 is 12.2 Å². The minimum Gasteiger partial charge on any atom is -0.458 e. The molecule has 2 aliphatic rings. The first kappa shape index (κ1) is 18.3. The Bertz CT molecular complexity index is 488. The van der Waals surface area contributed by atoms with E-state index in [4.69, 9.17) is 22.7 Å². The Balaban J connectivity index is 2.03. The SMILES string of the molecule is CCC1(OC(=O)CN2C(=O)C(N)(CC)CCC2=S)CCCCC1. The molecule has 1 saturated carbocycles. The first-order valence-corrected chi connectivity index (χ1v) is 9.12. The van der Waals surface area contributed by atoms with Crippen LogP contribution in [-0.4, -0.2) is 39.4 Å². The Hall–Kier alpha value is -1.01. The number of likely N-dealkylation sites (tertiary alicyclic amines) is 1. The maximum Gasteiger partial charge on any atom is 0.326 e. The number of nitrogens with zero attached hydrogens (tertiary/aromatic N) is 1. The quantitative estimate of drug-likeness (QED) is 0.615. The normalized spacial score (nSPS) is 27.9. The predicted octanol–water partition coefficient (Wildman–Crippen LogP) is 2.70. The lowest BCUT2D eigenvalue weighted by Crippen LogP contribution is -2.61. The molecule has 0 aromatic rings. The molecule has 23 heavy (non-hydrogen) atoms. The molecule has 1 atom stereocenters. The molecule has 0 aromatic heterocycles. The second kappa shape index (κ2) is 7.26. The lowest BCUT2D eigenvalue weighted by Gasteiger charge is -2.40. The van der Waals surface area contributed by atoms with Gasteiger partial charge in [0.2, 0.25) is 5.91 Å². The fraction of sp³-hybridized carbons (Fsp3) is 0.824. The van der Waals surface area contributed by atoms with Crippen LogP contribution in [-0.2, 0) is 14.3 Å². The standard InChI is InChI=1S/C17H28N2O3S/c1-3-16(9-6-5-7-10-16)22-14(20)12-19-13(23)8-11-17(18,4-2)15(19)21/h3-12,18H2,1-2H3. The fourth-order valence-electron chi connectivity index (χ4n) is 3.57. The number of amides is 1. The summed E-state index contributed by atoms with van der Waals surface area (Å²) >= 11 is 5.28. The van der Waals surface area contributed by atoms with E-state index >= 15 is 0 Å². The maximum atomic E-state index is 12.6. The number of piperidine rings is 1. The predicted molar refractivity (Wildman–Crippen MR) is 93.0 cm³/mol. The van der Waals surface area contributed by atoms with Crippen molar-refractivity contribution in [2.24, 2.45) is 5.73 Å². The van der Waals surface area contributed by atoms with Crippen LogP contribution in [0.15, 0.2) is 0 Å². The Morgan fingerprint density at radius 3 is 2.43 bits per heavy atom. The van der Waals surface area contributed by atoms with E-state index in [-0.39, 0.29) is 24.0 Å². The molecule has 0 bridgehead atoms. The third kappa shape index (κ3) is 3.91. The second-order valence-electron chi connectivity index (χ2n) is 6.87. The van der Waals surface area contributed by atoms with Gasteiger partial charge in [0.25, 0.3) is 0 Å². The minimum atomic E-state index is -0.907. The Labute approximate surface area is 143 Å². The molecule has 6 heteroatoms. The lowest BCUT2D eigenvalue weighted by molar-refractivity contribution is -0.166. The zero-order chi connectivity index (χ0) is 17.1. The zero-order valence-electron chi connectivity index (χ0n) is 14.2. The third-order valence-electron chi connectivity index (χ3n) is 5.41. The van der Waals surface area contributed by atoms with Gasteiger partial charge >= 0.3 is 5.97 Å². The van der Waals surface area contributed by atoms with Gasteiger partial charge in [0.1, 0.15) is 12.1 Å². The number of thiocarbonyl (C=S) groups is 1. The first-order valence-electron chi connectivity index (χ1n) is 8.71. The van der Waals surface area contributed by atoms with Crippen LogP contribution in [0.2, 0.25) is 0 Å². The van der Waals surface area contributed by atoms with Crippen molar-refractivity contribution in [3.63, 3.8) is 0 Å². The number of nitrogens with two attached hydrogens (primary N) is 1. The number of rotatable bonds is 5. The molecule has 0 aromatic carbocycles. The summed E-state index contributed by atoms with van der Waals surface area (Å²) in [5, 5.41) is 0. The Morgan fingerprint density at radius 1 is 1.22 bits per heavy atom. The van der Waals surface area contributed by atoms with Gasteiger partial charge in [0.15, 0.2) is 0 Å². The van der Waals surface area contributed by atoms with E-state index in [0.717, 1.165) is 32.1 Å². The topological polar surface area (TPSA) is 72.6 Å². The monoisotopic (exact) mass is 340 g/mol. The molecule has 1 amide bonds. The van der Waals surface area contributed by atoms with Gasteiger partial charge < -0.3 is 10.5 Å². The highest BCUT2D eigenvalue weighted by Gasteiger charge is 2.43. The molecule has 1 aliphatic carbocycles. The van der Waals surface area contributed by atoms with Crippen molar-refractivity contribution in [1.82, 2.24) is 4.90 Å². The molecule has 5 nitrogen and oxygen atoms in total. The van der Waals surface area contributed by atoms with Crippen LogP contribution in [0.5, 0.6) is 0 Å². The van der Waals surface area contributed by atoms with Crippen LogP contribution < -0.4 is 5.73 Å². The molecule has 0 spiro atoms. The van der Waals surface area contributed by atoms with Gasteiger partial charge in [-0.05, 0) is 44.9 Å². The van der Waals surface area contributed by atoms with Crippen molar-refractivity contribution < 1.29 is 14.3 Å². The van der Waals surface area contributed by atoms with Crippen LogP contribution in [0.3, 0.4) is 0 Å². The molecule has 0 radical (unpaired) electrons. The number of carbonyl (C=O) groups is 2. The summed E-state index contributed by atoms with van der Waals surface area (Å²) in [6.07, 6.45) is 7.65. The number of carbonyl (C=O) groups excluding carboxylic acids is 2. The molecular weight excluding hydrogens is 312 g/mol. The summed E-state index contributed by atoms with van der Waals surface area (Å²) < 4.78 is 5.80. The first-order chi connectivity index (χ1) is 10.9. The van der Waals surface area contributed by atoms with Crippen LogP contribution in [0.1, 0.15) is 71.6 Å². The summed E-state index contributed by atoms with van der Waals surface area (Å²) in [5.74, 6) is -0.618. The van der Waals surface area contributed by atoms with E-state index in [2.05, 4.69) is 6.92 Å². The summed E-state index contributed by atoms with van der Waals surface area (Å²) in [7, 11) is 0. The van der Waals surface area contributed by atoms with E-state index in [9.17, 15) is 9.59 Å². The van der Waals surface area contributed by atoms with Gasteiger partial charge in [-0.25, -0.2) is 0 Å². The molecule has 1 heterocycles. The highest BCUT2D eigenvalue weighted by atomic mass is 32.1. The summed E-state index contributed by atoms with van der Waals surface area (Å²) in [5.41, 5.74) is 4.90. The fourth-order valence-corrected chi connectivity index (χ4v) is 3.82. The Morgan fingerprint density at radius 2 is 1.87 bits per heavy atom. The molecule has 2 fully saturated rings. The zero-order valence-corrected chi connectivity index (χ0v) is 15.0. The van der Waals surface area contributed by atoms with E-state index in [1.54, 1.807) is 0 Å². The van der Waals surface area contributed by atoms with Crippen molar-refractivity contribution in [3.05, 3.63) is 0 Å². The van der Waals surface area contributed by atoms with Gasteiger partial charge in [-0.3, -0.25) is 14.5 Å². The third-order valence-corrected chi connectivity index (χ3v) is 5.84. The van der Waals surface area contributed by atoms with E-state index in [1.165, 1.54) is 11.3 Å². The van der Waals surface area contributed by atoms with Gasteiger partial charge in [0, 0.05) is 6.42 Å². The van der Waals surface area contributed by atoms with Gasteiger partial charge in [-0.15, -0.1) is 0 Å². The molecule has 130 valence electrons. The largest absolute Gasteiger partial charge is 0.458 e. The number of ether oxygens (including phenoxy) is 1. The average Bonchev–Trinajstić information content (AvgIpc) is 2.56. The summed E-state index contributed by atoms with van der Waals surface area (Å²) in [6, 6.07) is 0. The number of esters is 1. The molecule has 1 unspecified atom stereocenters. The van der Waals surface area contributed by atoms with Crippen molar-refractivity contribution in [2.75, 3.05) is 6.54 Å². The average molecular weight is 340 g/mol. The van der Waals surface area contributed by atoms with E-state index in [0.29, 0.717) is 24.3 Å². The van der Waals surface area contributed by atoms with E-state index in [1.807, 2.05) is 6.92 Å². The van der Waals surface area contributed by atoms with Crippen molar-refractivity contribution in [1.29, 1.82) is 0 Å². The van der Waals surface area contributed by atoms with Crippen molar-refractivity contribution >= 4 is 29.1 Å². The smallest absolute Gasteiger partial charge is 0.326 e.